The Balaban J connectivity index is 2.70. The first-order valence-electron chi connectivity index (χ1n) is 4.84. The Morgan fingerprint density at radius 1 is 1.33 bits per heavy atom. The summed E-state index contributed by atoms with van der Waals surface area (Å²) in [5.74, 6) is 0. The quantitative estimate of drug-likeness (QED) is 0.785. The third-order valence-electron chi connectivity index (χ3n) is 2.19. The number of hydrogen-bond donors (Lipinski definition) is 3. The molecule has 1 rings (SSSR count). The molecular formula is C11H16BrNO2. The third-order valence-corrected chi connectivity index (χ3v) is 3.44. The number of nitrogens with one attached hydrogen (secondary N) is 1. The van der Waals surface area contributed by atoms with Crippen molar-refractivity contribution in [3.8, 4) is 0 Å². The number of rotatable bonds is 4. The molecule has 15 heavy (non-hydrogen) atoms. The Morgan fingerprint density at radius 3 is 2.33 bits per heavy atom. The fraction of sp³-hybridized carbons (Fsp3) is 0.455. The number of hydrogen-bond acceptors (Lipinski definition) is 3. The number of halogens is 1. The van der Waals surface area contributed by atoms with E-state index in [9.17, 15) is 5.11 Å². The largest absolute Gasteiger partial charge is 0.394 e. The zero-order chi connectivity index (χ0) is 11.4. The van der Waals surface area contributed by atoms with Gasteiger partial charge in [-0.15, -0.1) is 0 Å². The summed E-state index contributed by atoms with van der Waals surface area (Å²) < 4.78 is 1.11. The van der Waals surface area contributed by atoms with Crippen LogP contribution in [-0.4, -0.2) is 29.5 Å². The fourth-order valence-electron chi connectivity index (χ4n) is 1.35. The monoisotopic (exact) mass is 273 g/mol. The summed E-state index contributed by atoms with van der Waals surface area (Å²) in [4.78, 5) is 0. The number of aliphatic hydroxyl groups excluding tert-OH is 2. The molecule has 0 saturated carbocycles. The summed E-state index contributed by atoms with van der Waals surface area (Å²) in [6, 6.07) is 4.00. The predicted octanol–water partition coefficient (Wildman–Crippen LogP) is 1.83. The zero-order valence-corrected chi connectivity index (χ0v) is 10.5. The second-order valence-electron chi connectivity index (χ2n) is 3.64. The fourth-order valence-corrected chi connectivity index (χ4v) is 1.58. The Kier molecular flexibility index (Phi) is 4.57. The van der Waals surface area contributed by atoms with Crippen LogP contribution in [-0.2, 0) is 0 Å². The van der Waals surface area contributed by atoms with Crippen molar-refractivity contribution < 1.29 is 10.2 Å². The maximum absolute atomic E-state index is 9.19. The lowest BCUT2D eigenvalue weighted by Gasteiger charge is -2.12. The smallest absolute Gasteiger partial charge is 0.0942 e. The van der Waals surface area contributed by atoms with Crippen LogP contribution in [0.15, 0.2) is 16.6 Å². The molecule has 0 heterocycles. The molecule has 0 bridgehead atoms. The van der Waals surface area contributed by atoms with Gasteiger partial charge in [0.05, 0.1) is 12.7 Å². The first-order valence-corrected chi connectivity index (χ1v) is 5.63. The van der Waals surface area contributed by atoms with Crippen LogP contribution < -0.4 is 5.32 Å². The maximum Gasteiger partial charge on any atom is 0.0942 e. The molecule has 1 aromatic carbocycles. The Bertz CT molecular complexity index is 318. The van der Waals surface area contributed by atoms with Gasteiger partial charge < -0.3 is 15.5 Å². The van der Waals surface area contributed by atoms with Crippen LogP contribution in [0.4, 0.5) is 5.69 Å². The minimum Gasteiger partial charge on any atom is -0.394 e. The van der Waals surface area contributed by atoms with Crippen molar-refractivity contribution in [3.05, 3.63) is 27.7 Å². The molecule has 0 radical (unpaired) electrons. The lowest BCUT2D eigenvalue weighted by atomic mass is 10.1. The van der Waals surface area contributed by atoms with E-state index in [1.807, 2.05) is 26.0 Å². The Morgan fingerprint density at radius 2 is 1.87 bits per heavy atom. The topological polar surface area (TPSA) is 52.5 Å². The summed E-state index contributed by atoms with van der Waals surface area (Å²) in [5.41, 5.74) is 3.26. The van der Waals surface area contributed by atoms with E-state index in [0.717, 1.165) is 21.3 Å². The van der Waals surface area contributed by atoms with Gasteiger partial charge >= 0.3 is 0 Å². The van der Waals surface area contributed by atoms with Gasteiger partial charge in [-0.25, -0.2) is 0 Å². The van der Waals surface area contributed by atoms with Crippen LogP contribution >= 0.6 is 15.9 Å². The molecule has 1 atom stereocenters. The molecule has 0 fully saturated rings. The highest BCUT2D eigenvalue weighted by Gasteiger charge is 2.04. The Labute approximate surface area is 98.3 Å². The van der Waals surface area contributed by atoms with Crippen molar-refractivity contribution in [1.82, 2.24) is 0 Å². The molecule has 0 spiro atoms. The standard InChI is InChI=1S/C11H16BrNO2/c1-7-3-9(4-8(2)11(7)12)13-5-10(15)6-14/h3-4,10,13-15H,5-6H2,1-2H3/t10-/m0/s1. The first kappa shape index (κ1) is 12.5. The number of anilines is 1. The van der Waals surface area contributed by atoms with Gasteiger partial charge in [0.2, 0.25) is 0 Å². The van der Waals surface area contributed by atoms with Crippen molar-refractivity contribution in [3.63, 3.8) is 0 Å². The minimum absolute atomic E-state index is 0.221. The van der Waals surface area contributed by atoms with Crippen molar-refractivity contribution in [2.45, 2.75) is 20.0 Å². The molecule has 0 amide bonds. The van der Waals surface area contributed by atoms with Gasteiger partial charge in [-0.05, 0) is 37.1 Å². The molecule has 0 aliphatic rings. The molecule has 3 nitrogen and oxygen atoms in total. The average Bonchev–Trinajstić information content (AvgIpc) is 2.22. The van der Waals surface area contributed by atoms with E-state index in [-0.39, 0.29) is 6.61 Å². The van der Waals surface area contributed by atoms with Crippen molar-refractivity contribution >= 4 is 21.6 Å². The van der Waals surface area contributed by atoms with Crippen LogP contribution in [0.3, 0.4) is 0 Å². The van der Waals surface area contributed by atoms with Crippen LogP contribution in [0.25, 0.3) is 0 Å². The van der Waals surface area contributed by atoms with Gasteiger partial charge in [-0.2, -0.15) is 0 Å². The maximum atomic E-state index is 9.19. The van der Waals surface area contributed by atoms with E-state index >= 15 is 0 Å². The van der Waals surface area contributed by atoms with Crippen molar-refractivity contribution in [2.75, 3.05) is 18.5 Å². The minimum atomic E-state index is -0.714. The second kappa shape index (κ2) is 5.49. The van der Waals surface area contributed by atoms with E-state index in [2.05, 4.69) is 21.2 Å². The molecular weight excluding hydrogens is 258 g/mol. The van der Waals surface area contributed by atoms with Crippen LogP contribution in [0, 0.1) is 13.8 Å². The molecule has 0 saturated heterocycles. The van der Waals surface area contributed by atoms with Crippen LogP contribution in [0.5, 0.6) is 0 Å². The highest BCUT2D eigenvalue weighted by molar-refractivity contribution is 9.10. The third kappa shape index (κ3) is 3.48. The van der Waals surface area contributed by atoms with Gasteiger partial charge in [0, 0.05) is 16.7 Å². The summed E-state index contributed by atoms with van der Waals surface area (Å²) in [6.07, 6.45) is -0.714. The number of aliphatic hydroxyl groups is 2. The van der Waals surface area contributed by atoms with Gasteiger partial charge in [0.1, 0.15) is 0 Å². The van der Waals surface area contributed by atoms with E-state index in [4.69, 9.17) is 5.11 Å². The molecule has 3 N–H and O–H groups in total. The van der Waals surface area contributed by atoms with Crippen molar-refractivity contribution in [1.29, 1.82) is 0 Å². The van der Waals surface area contributed by atoms with Crippen molar-refractivity contribution in [2.24, 2.45) is 0 Å². The number of aryl methyl sites for hydroxylation is 2. The molecule has 0 aromatic heterocycles. The van der Waals surface area contributed by atoms with E-state index in [1.54, 1.807) is 0 Å². The van der Waals surface area contributed by atoms with Crippen LogP contribution in [0.2, 0.25) is 0 Å². The summed E-state index contributed by atoms with van der Waals surface area (Å²) >= 11 is 3.49. The highest BCUT2D eigenvalue weighted by Crippen LogP contribution is 2.24. The highest BCUT2D eigenvalue weighted by atomic mass is 79.9. The van der Waals surface area contributed by atoms with Crippen LogP contribution in [0.1, 0.15) is 11.1 Å². The number of benzene rings is 1. The first-order chi connectivity index (χ1) is 7.04. The van der Waals surface area contributed by atoms with Gasteiger partial charge in [-0.1, -0.05) is 15.9 Å². The molecule has 0 aliphatic heterocycles. The SMILES string of the molecule is Cc1cc(NC[C@H](O)CO)cc(C)c1Br. The normalized spacial score (nSPS) is 12.6. The van der Waals surface area contributed by atoms with E-state index in [1.165, 1.54) is 0 Å². The average molecular weight is 274 g/mol. The molecule has 4 heteroatoms. The van der Waals surface area contributed by atoms with Gasteiger partial charge in [0.25, 0.3) is 0 Å². The summed E-state index contributed by atoms with van der Waals surface area (Å²) in [7, 11) is 0. The second-order valence-corrected chi connectivity index (χ2v) is 4.43. The Hall–Kier alpha value is -0.580. The molecule has 84 valence electrons. The van der Waals surface area contributed by atoms with E-state index < -0.39 is 6.10 Å². The molecule has 0 unspecified atom stereocenters. The van der Waals surface area contributed by atoms with Gasteiger partial charge in [0.15, 0.2) is 0 Å². The lowest BCUT2D eigenvalue weighted by molar-refractivity contribution is 0.105. The van der Waals surface area contributed by atoms with E-state index in [0.29, 0.717) is 6.54 Å². The molecule has 1 aromatic rings. The lowest BCUT2D eigenvalue weighted by Crippen LogP contribution is -2.22. The summed E-state index contributed by atoms with van der Waals surface area (Å²) in [6.45, 7) is 4.17. The zero-order valence-electron chi connectivity index (χ0n) is 8.92. The van der Waals surface area contributed by atoms with Gasteiger partial charge in [-0.3, -0.25) is 0 Å². The summed E-state index contributed by atoms with van der Waals surface area (Å²) in [5, 5.41) is 20.9. The predicted molar refractivity (Wildman–Crippen MR) is 65.2 cm³/mol. The molecule has 0 aliphatic carbocycles.